The van der Waals surface area contributed by atoms with Crippen molar-refractivity contribution in [2.24, 2.45) is 0 Å². The number of benzene rings is 2. The van der Waals surface area contributed by atoms with E-state index in [4.69, 9.17) is 0 Å². The number of aryl methyl sites for hydroxylation is 2. The Morgan fingerprint density at radius 3 is 2.24 bits per heavy atom. The number of hydrogen-bond acceptors (Lipinski definition) is 4. The molecule has 0 saturated carbocycles. The van der Waals surface area contributed by atoms with E-state index < -0.39 is 0 Å². The van der Waals surface area contributed by atoms with E-state index in [1.807, 2.05) is 32.0 Å². The van der Waals surface area contributed by atoms with Crippen molar-refractivity contribution in [2.45, 2.75) is 20.4 Å². The number of ketones is 1. The number of carbonyl (C=O) groups is 2. The average molecular weight is 350 g/mol. The van der Waals surface area contributed by atoms with Crippen molar-refractivity contribution in [1.82, 2.24) is 10.3 Å². The predicted octanol–water partition coefficient (Wildman–Crippen LogP) is 3.92. The number of nitrogens with zero attached hydrogens (tertiary/aromatic N) is 1. The molecule has 25 heavy (non-hydrogen) atoms. The maximum absolute atomic E-state index is 12.7. The minimum absolute atomic E-state index is 0.156. The first-order valence-electron chi connectivity index (χ1n) is 7.96. The molecule has 0 spiro atoms. The molecule has 0 fully saturated rings. The fourth-order valence-corrected chi connectivity index (χ4v) is 3.49. The zero-order chi connectivity index (χ0) is 17.8. The van der Waals surface area contributed by atoms with Gasteiger partial charge < -0.3 is 5.32 Å². The molecule has 3 aromatic rings. The van der Waals surface area contributed by atoms with Gasteiger partial charge in [0.05, 0.1) is 22.8 Å². The van der Waals surface area contributed by atoms with E-state index in [0.29, 0.717) is 23.2 Å². The van der Waals surface area contributed by atoms with Gasteiger partial charge in [0, 0.05) is 16.0 Å². The Bertz CT molecular complexity index is 916. The highest BCUT2D eigenvalue weighted by molar-refractivity contribution is 7.11. The molecule has 126 valence electrons. The van der Waals surface area contributed by atoms with Crippen LogP contribution in [0.25, 0.3) is 0 Å². The van der Waals surface area contributed by atoms with E-state index in [1.54, 1.807) is 47.7 Å². The number of thiazole rings is 1. The summed E-state index contributed by atoms with van der Waals surface area (Å²) in [4.78, 5) is 30.7. The lowest BCUT2D eigenvalue weighted by Gasteiger charge is -2.09. The summed E-state index contributed by atoms with van der Waals surface area (Å²) in [5.74, 6) is -0.415. The lowest BCUT2D eigenvalue weighted by atomic mass is 9.98. The Morgan fingerprint density at radius 1 is 0.960 bits per heavy atom. The van der Waals surface area contributed by atoms with Crippen molar-refractivity contribution in [1.29, 1.82) is 0 Å². The highest BCUT2D eigenvalue weighted by Crippen LogP contribution is 2.18. The number of hydrogen-bond donors (Lipinski definition) is 1. The van der Waals surface area contributed by atoms with Crippen molar-refractivity contribution in [3.8, 4) is 0 Å². The molecule has 0 saturated heterocycles. The fourth-order valence-electron chi connectivity index (χ4n) is 2.62. The molecule has 0 radical (unpaired) electrons. The summed E-state index contributed by atoms with van der Waals surface area (Å²) in [7, 11) is 0. The molecule has 1 amide bonds. The molecule has 0 unspecified atom stereocenters. The van der Waals surface area contributed by atoms with Crippen LogP contribution in [0.3, 0.4) is 0 Å². The van der Waals surface area contributed by atoms with Crippen molar-refractivity contribution in [3.63, 3.8) is 0 Å². The number of amides is 1. The van der Waals surface area contributed by atoms with Gasteiger partial charge in [0.2, 0.25) is 0 Å². The molecule has 1 aromatic heterocycles. The summed E-state index contributed by atoms with van der Waals surface area (Å²) in [5.41, 5.74) is 2.28. The van der Waals surface area contributed by atoms with Gasteiger partial charge in [-0.15, -0.1) is 11.3 Å². The molecule has 4 nitrogen and oxygen atoms in total. The van der Waals surface area contributed by atoms with Crippen LogP contribution in [0.1, 0.15) is 41.9 Å². The van der Waals surface area contributed by atoms with Crippen LogP contribution in [0.4, 0.5) is 0 Å². The third-order valence-electron chi connectivity index (χ3n) is 3.86. The Kier molecular flexibility index (Phi) is 5.05. The minimum Gasteiger partial charge on any atom is -0.347 e. The van der Waals surface area contributed by atoms with Crippen LogP contribution in [0.2, 0.25) is 0 Å². The summed E-state index contributed by atoms with van der Waals surface area (Å²) in [6.07, 6.45) is 0. The van der Waals surface area contributed by atoms with E-state index in [0.717, 1.165) is 15.6 Å². The van der Waals surface area contributed by atoms with Crippen LogP contribution in [-0.4, -0.2) is 16.7 Å². The topological polar surface area (TPSA) is 59.1 Å². The fraction of sp³-hybridized carbons (Fsp3) is 0.150. The van der Waals surface area contributed by atoms with Gasteiger partial charge in [-0.05, 0) is 19.9 Å². The quantitative estimate of drug-likeness (QED) is 0.710. The van der Waals surface area contributed by atoms with E-state index >= 15 is 0 Å². The molecule has 5 heteroatoms. The van der Waals surface area contributed by atoms with Crippen molar-refractivity contribution in [2.75, 3.05) is 0 Å². The van der Waals surface area contributed by atoms with E-state index in [2.05, 4.69) is 10.3 Å². The number of aromatic nitrogens is 1. The molecule has 2 aromatic carbocycles. The summed E-state index contributed by atoms with van der Waals surface area (Å²) in [6.45, 7) is 4.28. The highest BCUT2D eigenvalue weighted by atomic mass is 32.1. The summed E-state index contributed by atoms with van der Waals surface area (Å²) < 4.78 is 0. The van der Waals surface area contributed by atoms with Crippen LogP contribution >= 0.6 is 11.3 Å². The van der Waals surface area contributed by atoms with Crippen LogP contribution < -0.4 is 5.32 Å². The first-order valence-corrected chi connectivity index (χ1v) is 8.78. The smallest absolute Gasteiger partial charge is 0.252 e. The lowest BCUT2D eigenvalue weighted by Crippen LogP contribution is -2.25. The normalized spacial score (nSPS) is 10.5. The third kappa shape index (κ3) is 3.83. The molecule has 0 atom stereocenters. The zero-order valence-electron chi connectivity index (χ0n) is 14.1. The van der Waals surface area contributed by atoms with Gasteiger partial charge in [-0.3, -0.25) is 9.59 Å². The van der Waals surface area contributed by atoms with Gasteiger partial charge in [0.25, 0.3) is 5.91 Å². The average Bonchev–Trinajstić information content (AvgIpc) is 2.97. The largest absolute Gasteiger partial charge is 0.347 e. The summed E-state index contributed by atoms with van der Waals surface area (Å²) >= 11 is 1.57. The summed E-state index contributed by atoms with van der Waals surface area (Å²) in [6, 6.07) is 15.9. The summed E-state index contributed by atoms with van der Waals surface area (Å²) in [5, 5.41) is 3.87. The predicted molar refractivity (Wildman–Crippen MR) is 99.1 cm³/mol. The maximum Gasteiger partial charge on any atom is 0.252 e. The minimum atomic E-state index is -0.259. The SMILES string of the molecule is Cc1nc(C)c(CNC(=O)c2ccccc2C(=O)c2ccccc2)s1. The van der Waals surface area contributed by atoms with Crippen LogP contribution in [0.5, 0.6) is 0 Å². The van der Waals surface area contributed by atoms with Gasteiger partial charge in [-0.25, -0.2) is 4.98 Å². The Balaban J connectivity index is 1.81. The molecular formula is C20H18N2O2S. The molecule has 0 aliphatic carbocycles. The third-order valence-corrected chi connectivity index (χ3v) is 4.93. The van der Waals surface area contributed by atoms with Crippen LogP contribution in [-0.2, 0) is 6.54 Å². The van der Waals surface area contributed by atoms with Crippen molar-refractivity contribution < 1.29 is 9.59 Å². The van der Waals surface area contributed by atoms with Crippen molar-refractivity contribution >= 4 is 23.0 Å². The second kappa shape index (κ2) is 7.40. The van der Waals surface area contributed by atoms with E-state index in [1.165, 1.54) is 0 Å². The first-order chi connectivity index (χ1) is 12.1. The number of nitrogens with one attached hydrogen (secondary N) is 1. The Hall–Kier alpha value is -2.79. The second-order valence-electron chi connectivity index (χ2n) is 5.66. The van der Waals surface area contributed by atoms with Gasteiger partial charge >= 0.3 is 0 Å². The van der Waals surface area contributed by atoms with Crippen LogP contribution in [0.15, 0.2) is 54.6 Å². The molecule has 0 bridgehead atoms. The molecule has 0 aliphatic rings. The zero-order valence-corrected chi connectivity index (χ0v) is 14.9. The van der Waals surface area contributed by atoms with Gasteiger partial charge in [0.15, 0.2) is 5.78 Å². The van der Waals surface area contributed by atoms with Gasteiger partial charge in [-0.2, -0.15) is 0 Å². The molecular weight excluding hydrogens is 332 g/mol. The van der Waals surface area contributed by atoms with E-state index in [9.17, 15) is 9.59 Å². The number of carbonyl (C=O) groups excluding carboxylic acids is 2. The van der Waals surface area contributed by atoms with Gasteiger partial charge in [0.1, 0.15) is 0 Å². The van der Waals surface area contributed by atoms with Gasteiger partial charge in [-0.1, -0.05) is 48.5 Å². The Morgan fingerprint density at radius 2 is 1.60 bits per heavy atom. The van der Waals surface area contributed by atoms with E-state index in [-0.39, 0.29) is 11.7 Å². The standard InChI is InChI=1S/C20H18N2O2S/c1-13-18(25-14(2)22-13)12-21-20(24)17-11-7-6-10-16(17)19(23)15-8-4-3-5-9-15/h3-11H,12H2,1-2H3,(H,21,24). The molecule has 0 aliphatic heterocycles. The number of rotatable bonds is 5. The Labute approximate surface area is 150 Å². The molecule has 3 rings (SSSR count). The molecule has 1 N–H and O–H groups in total. The van der Waals surface area contributed by atoms with Crippen LogP contribution in [0, 0.1) is 13.8 Å². The van der Waals surface area contributed by atoms with Crippen molar-refractivity contribution in [3.05, 3.63) is 86.9 Å². The second-order valence-corrected chi connectivity index (χ2v) is 6.95. The highest BCUT2D eigenvalue weighted by Gasteiger charge is 2.18. The monoisotopic (exact) mass is 350 g/mol. The molecule has 1 heterocycles. The lowest BCUT2D eigenvalue weighted by molar-refractivity contribution is 0.0940. The maximum atomic E-state index is 12.7. The first kappa shape index (κ1) is 17.0.